The number of rotatable bonds is 6. The summed E-state index contributed by atoms with van der Waals surface area (Å²) in [6, 6.07) is 10.5. The van der Waals surface area contributed by atoms with Gasteiger partial charge in [-0.1, -0.05) is 12.1 Å². The standard InChI is InChI=1S/C19H16F2N2O3/c1-25-13-5-2-4-12(10-13)23-17(24)8-9-18-22-11-16(26-18)19-14(20)6-3-7-15(19)21/h2-7,10-11H,8-9H2,1H3,(H,23,24). The number of nitrogens with zero attached hydrogens (tertiary/aromatic N) is 1. The molecule has 0 aliphatic rings. The molecule has 0 saturated carbocycles. The Labute approximate surface area is 148 Å². The lowest BCUT2D eigenvalue weighted by molar-refractivity contribution is -0.116. The van der Waals surface area contributed by atoms with Crippen molar-refractivity contribution in [3.63, 3.8) is 0 Å². The first kappa shape index (κ1) is 17.6. The molecule has 0 saturated heterocycles. The lowest BCUT2D eigenvalue weighted by atomic mass is 10.1. The van der Waals surface area contributed by atoms with Crippen LogP contribution in [0, 0.1) is 11.6 Å². The highest BCUT2D eigenvalue weighted by molar-refractivity contribution is 5.90. The fourth-order valence-corrected chi connectivity index (χ4v) is 2.42. The van der Waals surface area contributed by atoms with Gasteiger partial charge in [-0.05, 0) is 24.3 Å². The lowest BCUT2D eigenvalue weighted by Gasteiger charge is -2.06. The second kappa shape index (κ2) is 7.77. The predicted octanol–water partition coefficient (Wildman–Crippen LogP) is 4.20. The van der Waals surface area contributed by atoms with E-state index in [1.54, 1.807) is 31.4 Å². The molecule has 0 aliphatic carbocycles. The number of nitrogens with one attached hydrogen (secondary N) is 1. The summed E-state index contributed by atoms with van der Waals surface area (Å²) >= 11 is 0. The average Bonchev–Trinajstić information content (AvgIpc) is 3.08. The van der Waals surface area contributed by atoms with Crippen LogP contribution in [0.5, 0.6) is 5.75 Å². The smallest absolute Gasteiger partial charge is 0.224 e. The van der Waals surface area contributed by atoms with Crippen LogP contribution in [0.25, 0.3) is 11.3 Å². The van der Waals surface area contributed by atoms with E-state index >= 15 is 0 Å². The van der Waals surface area contributed by atoms with Crippen molar-refractivity contribution in [1.29, 1.82) is 0 Å². The largest absolute Gasteiger partial charge is 0.497 e. The number of amides is 1. The van der Waals surface area contributed by atoms with E-state index in [2.05, 4.69) is 10.3 Å². The van der Waals surface area contributed by atoms with Crippen molar-refractivity contribution in [3.8, 4) is 17.1 Å². The summed E-state index contributed by atoms with van der Waals surface area (Å²) < 4.78 is 38.0. The quantitative estimate of drug-likeness (QED) is 0.717. The van der Waals surface area contributed by atoms with Crippen molar-refractivity contribution < 1.29 is 22.7 Å². The van der Waals surface area contributed by atoms with Gasteiger partial charge in [0.2, 0.25) is 5.91 Å². The Bertz CT molecular complexity index is 904. The second-order valence-corrected chi connectivity index (χ2v) is 5.50. The molecule has 26 heavy (non-hydrogen) atoms. The number of oxazole rings is 1. The molecule has 0 spiro atoms. The minimum absolute atomic E-state index is 0.0104. The molecule has 1 N–H and O–H groups in total. The molecule has 0 unspecified atom stereocenters. The number of aromatic nitrogens is 1. The summed E-state index contributed by atoms with van der Waals surface area (Å²) in [5, 5.41) is 2.74. The van der Waals surface area contributed by atoms with Crippen molar-refractivity contribution in [2.75, 3.05) is 12.4 Å². The third-order valence-electron chi connectivity index (χ3n) is 3.68. The van der Waals surface area contributed by atoms with Crippen LogP contribution in [-0.2, 0) is 11.2 Å². The number of aryl methyl sites for hydroxylation is 1. The summed E-state index contributed by atoms with van der Waals surface area (Å²) in [7, 11) is 1.54. The zero-order valence-corrected chi connectivity index (χ0v) is 14.0. The van der Waals surface area contributed by atoms with E-state index < -0.39 is 11.6 Å². The first-order valence-electron chi connectivity index (χ1n) is 7.90. The van der Waals surface area contributed by atoms with Crippen LogP contribution >= 0.6 is 0 Å². The van der Waals surface area contributed by atoms with Crippen molar-refractivity contribution in [1.82, 2.24) is 4.98 Å². The SMILES string of the molecule is COc1cccc(NC(=O)CCc2ncc(-c3c(F)cccc3F)o2)c1. The molecule has 1 aromatic heterocycles. The Kier molecular flexibility index (Phi) is 5.26. The van der Waals surface area contributed by atoms with Gasteiger partial charge in [0.25, 0.3) is 0 Å². The molecular weight excluding hydrogens is 342 g/mol. The second-order valence-electron chi connectivity index (χ2n) is 5.50. The Balaban J connectivity index is 1.62. The molecule has 0 bridgehead atoms. The molecule has 134 valence electrons. The first-order chi connectivity index (χ1) is 12.6. The van der Waals surface area contributed by atoms with Crippen LogP contribution in [0.1, 0.15) is 12.3 Å². The van der Waals surface area contributed by atoms with E-state index in [9.17, 15) is 13.6 Å². The van der Waals surface area contributed by atoms with Gasteiger partial charge in [-0.2, -0.15) is 0 Å². The average molecular weight is 358 g/mol. The van der Waals surface area contributed by atoms with Crippen molar-refractivity contribution >= 4 is 11.6 Å². The molecule has 2 aromatic carbocycles. The highest BCUT2D eigenvalue weighted by Gasteiger charge is 2.16. The molecule has 3 rings (SSSR count). The fraction of sp³-hybridized carbons (Fsp3) is 0.158. The number of anilines is 1. The Morgan fingerprint density at radius 3 is 2.65 bits per heavy atom. The third kappa shape index (κ3) is 4.05. The topological polar surface area (TPSA) is 64.4 Å². The molecular formula is C19H16F2N2O3. The van der Waals surface area contributed by atoms with E-state index in [1.165, 1.54) is 12.3 Å². The minimum atomic E-state index is -0.733. The van der Waals surface area contributed by atoms with Crippen molar-refractivity contribution in [2.45, 2.75) is 12.8 Å². The van der Waals surface area contributed by atoms with E-state index in [-0.39, 0.29) is 36.0 Å². The maximum Gasteiger partial charge on any atom is 0.224 e. The summed E-state index contributed by atoms with van der Waals surface area (Å²) in [4.78, 5) is 16.0. The van der Waals surface area contributed by atoms with Gasteiger partial charge in [-0.15, -0.1) is 0 Å². The highest BCUT2D eigenvalue weighted by atomic mass is 19.1. The summed E-state index contributed by atoms with van der Waals surface area (Å²) in [5.41, 5.74) is 0.336. The fourth-order valence-electron chi connectivity index (χ4n) is 2.42. The zero-order chi connectivity index (χ0) is 18.5. The van der Waals surface area contributed by atoms with Gasteiger partial charge < -0.3 is 14.5 Å². The van der Waals surface area contributed by atoms with Crippen LogP contribution in [0.3, 0.4) is 0 Å². The monoisotopic (exact) mass is 358 g/mol. The molecule has 7 heteroatoms. The van der Waals surface area contributed by atoms with Crippen LogP contribution in [0.15, 0.2) is 53.1 Å². The molecule has 0 atom stereocenters. The number of ether oxygens (including phenoxy) is 1. The number of carbonyl (C=O) groups is 1. The van der Waals surface area contributed by atoms with Gasteiger partial charge in [-0.25, -0.2) is 13.8 Å². The van der Waals surface area contributed by atoms with E-state index in [1.807, 2.05) is 0 Å². The van der Waals surface area contributed by atoms with Crippen LogP contribution in [-0.4, -0.2) is 18.0 Å². The van der Waals surface area contributed by atoms with Gasteiger partial charge in [0.1, 0.15) is 17.4 Å². The Morgan fingerprint density at radius 1 is 1.19 bits per heavy atom. The van der Waals surface area contributed by atoms with E-state index in [0.717, 1.165) is 12.1 Å². The van der Waals surface area contributed by atoms with Gasteiger partial charge >= 0.3 is 0 Å². The van der Waals surface area contributed by atoms with Crippen LogP contribution < -0.4 is 10.1 Å². The number of benzene rings is 2. The van der Waals surface area contributed by atoms with E-state index in [0.29, 0.717) is 11.4 Å². The molecule has 1 amide bonds. The number of halogens is 2. The predicted molar refractivity (Wildman–Crippen MR) is 91.8 cm³/mol. The minimum Gasteiger partial charge on any atom is -0.497 e. The summed E-state index contributed by atoms with van der Waals surface area (Å²) in [5.74, 6) is -0.860. The summed E-state index contributed by atoms with van der Waals surface area (Å²) in [6.07, 6.45) is 1.56. The number of hydrogen-bond acceptors (Lipinski definition) is 4. The van der Waals surface area contributed by atoms with Gasteiger partial charge in [-0.3, -0.25) is 4.79 Å². The van der Waals surface area contributed by atoms with Crippen molar-refractivity contribution in [3.05, 3.63) is 66.2 Å². The normalized spacial score (nSPS) is 10.6. The van der Waals surface area contributed by atoms with Gasteiger partial charge in [0.15, 0.2) is 11.7 Å². The Hall–Kier alpha value is -3.22. The third-order valence-corrected chi connectivity index (χ3v) is 3.68. The number of methoxy groups -OCH3 is 1. The Morgan fingerprint density at radius 2 is 1.92 bits per heavy atom. The molecule has 0 aliphatic heterocycles. The molecule has 5 nitrogen and oxygen atoms in total. The molecule has 1 heterocycles. The summed E-state index contributed by atoms with van der Waals surface area (Å²) in [6.45, 7) is 0. The zero-order valence-electron chi connectivity index (χ0n) is 14.0. The van der Waals surface area contributed by atoms with Gasteiger partial charge in [0, 0.05) is 24.6 Å². The van der Waals surface area contributed by atoms with Crippen molar-refractivity contribution in [2.24, 2.45) is 0 Å². The molecule has 0 fully saturated rings. The maximum atomic E-state index is 13.8. The molecule has 3 aromatic rings. The highest BCUT2D eigenvalue weighted by Crippen LogP contribution is 2.26. The first-order valence-corrected chi connectivity index (χ1v) is 7.90. The molecule has 0 radical (unpaired) electrons. The van der Waals surface area contributed by atoms with Crippen LogP contribution in [0.2, 0.25) is 0 Å². The number of carbonyl (C=O) groups excluding carboxylic acids is 1. The lowest BCUT2D eigenvalue weighted by Crippen LogP contribution is -2.12. The maximum absolute atomic E-state index is 13.8. The van der Waals surface area contributed by atoms with E-state index in [4.69, 9.17) is 9.15 Å². The number of hydrogen-bond donors (Lipinski definition) is 1. The van der Waals surface area contributed by atoms with Crippen LogP contribution in [0.4, 0.5) is 14.5 Å². The van der Waals surface area contributed by atoms with Gasteiger partial charge in [0.05, 0.1) is 18.9 Å².